The smallest absolute Gasteiger partial charge is 0.248 e. The first-order chi connectivity index (χ1) is 17.0. The fourth-order valence-electron chi connectivity index (χ4n) is 5.33. The van der Waals surface area contributed by atoms with Crippen LogP contribution in [0, 0.1) is 12.7 Å². The number of carbonyl (C=O) groups is 1. The summed E-state index contributed by atoms with van der Waals surface area (Å²) in [4.78, 5) is 15.1. The number of alkyl halides is 2. The zero-order chi connectivity index (χ0) is 26.1. The predicted octanol–water partition coefficient (Wildman–Crippen LogP) is 5.77. The third-order valence-electron chi connectivity index (χ3n) is 7.46. The second-order valence-corrected chi connectivity index (χ2v) is 11.9. The lowest BCUT2D eigenvalue weighted by molar-refractivity contribution is -0.139. The summed E-state index contributed by atoms with van der Waals surface area (Å²) in [7, 11) is -2.59. The van der Waals surface area contributed by atoms with Crippen molar-refractivity contribution in [2.75, 3.05) is 13.6 Å². The van der Waals surface area contributed by atoms with Gasteiger partial charge < -0.3 is 4.90 Å². The summed E-state index contributed by atoms with van der Waals surface area (Å²) < 4.78 is 71.5. The number of carbonyl (C=O) groups excluding carboxylic acids is 1. The highest BCUT2D eigenvalue weighted by atomic mass is 32.2. The molecule has 1 heterocycles. The van der Waals surface area contributed by atoms with Crippen molar-refractivity contribution in [3.63, 3.8) is 0 Å². The zero-order valence-corrected chi connectivity index (χ0v) is 21.5. The van der Waals surface area contributed by atoms with Crippen LogP contribution in [0.4, 0.5) is 13.2 Å². The number of aryl methyl sites for hydroxylation is 1. The Balaban J connectivity index is 1.70. The number of rotatable bonds is 5. The molecule has 1 atom stereocenters. The fraction of sp³-hybridized carbons (Fsp3) is 0.519. The summed E-state index contributed by atoms with van der Waals surface area (Å²) in [5, 5.41) is 0. The second-order valence-electron chi connectivity index (χ2n) is 10.00. The van der Waals surface area contributed by atoms with Crippen LogP contribution in [0.25, 0.3) is 11.1 Å². The molecule has 1 amide bonds. The van der Waals surface area contributed by atoms with E-state index in [9.17, 15) is 26.4 Å². The van der Waals surface area contributed by atoms with Gasteiger partial charge in [0.25, 0.3) is 0 Å². The third kappa shape index (κ3) is 5.47. The van der Waals surface area contributed by atoms with E-state index in [1.54, 1.807) is 37.4 Å². The number of hydrogen-bond acceptors (Lipinski definition) is 3. The summed E-state index contributed by atoms with van der Waals surface area (Å²) in [6.45, 7) is 1.97. The molecule has 1 saturated heterocycles. The van der Waals surface area contributed by atoms with Gasteiger partial charge in [0, 0.05) is 43.6 Å². The number of likely N-dealkylation sites (N-methyl/N-ethyl adjacent to an activating group) is 1. The van der Waals surface area contributed by atoms with Gasteiger partial charge in [-0.15, -0.1) is 0 Å². The van der Waals surface area contributed by atoms with Crippen molar-refractivity contribution in [2.45, 2.75) is 81.2 Å². The van der Waals surface area contributed by atoms with Gasteiger partial charge in [-0.25, -0.2) is 21.6 Å². The van der Waals surface area contributed by atoms with Gasteiger partial charge in [-0.2, -0.15) is 4.31 Å². The molecule has 2 aromatic carbocycles. The lowest BCUT2D eigenvalue weighted by Crippen LogP contribution is -2.53. The normalized spacial score (nSPS) is 21.6. The third-order valence-corrected chi connectivity index (χ3v) is 9.42. The molecule has 2 aromatic rings. The van der Waals surface area contributed by atoms with Gasteiger partial charge in [-0.3, -0.25) is 4.79 Å². The molecule has 0 bridgehead atoms. The highest BCUT2D eigenvalue weighted by Gasteiger charge is 2.42. The second kappa shape index (κ2) is 10.5. The molecule has 0 N–H and O–H groups in total. The quantitative estimate of drug-likeness (QED) is 0.501. The lowest BCUT2D eigenvalue weighted by atomic mass is 9.91. The van der Waals surface area contributed by atoms with E-state index < -0.39 is 27.8 Å². The molecule has 1 aliphatic heterocycles. The van der Waals surface area contributed by atoms with Crippen LogP contribution in [0.3, 0.4) is 0 Å². The Morgan fingerprint density at radius 1 is 1.00 bits per heavy atom. The molecule has 36 heavy (non-hydrogen) atoms. The van der Waals surface area contributed by atoms with Gasteiger partial charge in [0.15, 0.2) is 0 Å². The Bertz CT molecular complexity index is 1210. The van der Waals surface area contributed by atoms with Gasteiger partial charge in [0.05, 0.1) is 4.90 Å². The maximum absolute atomic E-state index is 14.7. The Kier molecular flexibility index (Phi) is 7.80. The standard InChI is InChI=1S/C27H33F3N2O3S/c1-19-11-12-25(22(18-19)21-8-5-6-9-23(21)28)36(34,35)32-17-7-3-4-10-24(32)26(33)31(2)20-13-15-27(29,30)16-14-20/h5-6,8-9,11-12,18,20,24H,3-4,7,10,13-17H2,1-2H3. The number of halogens is 3. The number of nitrogens with zero attached hydrogens (tertiary/aromatic N) is 2. The van der Waals surface area contributed by atoms with Gasteiger partial charge in [0.2, 0.25) is 21.9 Å². The molecule has 9 heteroatoms. The van der Waals surface area contributed by atoms with Crippen molar-refractivity contribution in [3.05, 3.63) is 53.8 Å². The van der Waals surface area contributed by atoms with Crippen molar-refractivity contribution in [1.82, 2.24) is 9.21 Å². The van der Waals surface area contributed by atoms with Crippen LogP contribution in [-0.2, 0) is 14.8 Å². The average molecular weight is 523 g/mol. The minimum absolute atomic E-state index is 0.0436. The van der Waals surface area contributed by atoms with Gasteiger partial charge >= 0.3 is 0 Å². The molecule has 1 saturated carbocycles. The van der Waals surface area contributed by atoms with Crippen molar-refractivity contribution >= 4 is 15.9 Å². The molecule has 0 spiro atoms. The lowest BCUT2D eigenvalue weighted by Gasteiger charge is -2.38. The Morgan fingerprint density at radius 2 is 1.69 bits per heavy atom. The van der Waals surface area contributed by atoms with Crippen LogP contribution in [0.2, 0.25) is 0 Å². The van der Waals surface area contributed by atoms with Crippen LogP contribution in [-0.4, -0.2) is 55.1 Å². The SMILES string of the molecule is Cc1ccc(S(=O)(=O)N2CCCCCC2C(=O)N(C)C2CCC(F)(F)CC2)c(-c2ccccc2F)c1. The van der Waals surface area contributed by atoms with E-state index >= 15 is 0 Å². The van der Waals surface area contributed by atoms with Gasteiger partial charge in [-0.1, -0.05) is 42.7 Å². The molecule has 0 aromatic heterocycles. The molecule has 0 radical (unpaired) electrons. The van der Waals surface area contributed by atoms with Crippen LogP contribution >= 0.6 is 0 Å². The zero-order valence-electron chi connectivity index (χ0n) is 20.7. The summed E-state index contributed by atoms with van der Waals surface area (Å²) >= 11 is 0. The van der Waals surface area contributed by atoms with E-state index in [1.165, 1.54) is 21.3 Å². The first kappa shape index (κ1) is 26.7. The van der Waals surface area contributed by atoms with Crippen molar-refractivity contribution in [3.8, 4) is 11.1 Å². The van der Waals surface area contributed by atoms with E-state index in [-0.39, 0.29) is 60.2 Å². The maximum Gasteiger partial charge on any atom is 0.248 e. The Morgan fingerprint density at radius 3 is 2.39 bits per heavy atom. The van der Waals surface area contributed by atoms with Crippen molar-refractivity contribution < 1.29 is 26.4 Å². The molecule has 2 fully saturated rings. The molecular weight excluding hydrogens is 489 g/mol. The number of benzene rings is 2. The van der Waals surface area contributed by atoms with E-state index in [0.29, 0.717) is 19.3 Å². The average Bonchev–Trinajstić information content (AvgIpc) is 3.10. The topological polar surface area (TPSA) is 57.7 Å². The van der Waals surface area contributed by atoms with E-state index in [1.807, 2.05) is 6.92 Å². The maximum atomic E-state index is 14.7. The summed E-state index contributed by atoms with van der Waals surface area (Å²) in [5.41, 5.74) is 1.22. The minimum Gasteiger partial charge on any atom is -0.341 e. The van der Waals surface area contributed by atoms with Crippen molar-refractivity contribution in [1.29, 1.82) is 0 Å². The molecule has 5 nitrogen and oxygen atoms in total. The van der Waals surface area contributed by atoms with E-state index in [0.717, 1.165) is 12.0 Å². The van der Waals surface area contributed by atoms with Gasteiger partial charge in [-0.05, 0) is 50.8 Å². The predicted molar refractivity (Wildman–Crippen MR) is 133 cm³/mol. The minimum atomic E-state index is -4.18. The van der Waals surface area contributed by atoms with Crippen LogP contribution in [0.1, 0.15) is 56.9 Å². The molecule has 196 valence electrons. The first-order valence-corrected chi connectivity index (χ1v) is 14.0. The molecular formula is C27H33F3N2O3S. The number of amides is 1. The number of sulfonamides is 1. The Hall–Kier alpha value is -2.39. The molecule has 2 aliphatic rings. The first-order valence-electron chi connectivity index (χ1n) is 12.5. The molecule has 4 rings (SSSR count). The fourth-order valence-corrected chi connectivity index (χ4v) is 7.17. The van der Waals surface area contributed by atoms with Crippen LogP contribution in [0.15, 0.2) is 47.4 Å². The summed E-state index contributed by atoms with van der Waals surface area (Å²) in [6.07, 6.45) is 2.23. The van der Waals surface area contributed by atoms with Crippen LogP contribution in [0.5, 0.6) is 0 Å². The number of hydrogen-bond donors (Lipinski definition) is 0. The van der Waals surface area contributed by atoms with Crippen molar-refractivity contribution in [2.24, 2.45) is 0 Å². The monoisotopic (exact) mass is 522 g/mol. The summed E-state index contributed by atoms with van der Waals surface area (Å²) in [6, 6.07) is 9.54. The van der Waals surface area contributed by atoms with E-state index in [2.05, 4.69) is 0 Å². The van der Waals surface area contributed by atoms with Gasteiger partial charge in [0.1, 0.15) is 11.9 Å². The molecule has 1 aliphatic carbocycles. The Labute approximate surface area is 211 Å². The van der Waals surface area contributed by atoms with Crippen LogP contribution < -0.4 is 0 Å². The van der Waals surface area contributed by atoms with E-state index in [4.69, 9.17) is 0 Å². The largest absolute Gasteiger partial charge is 0.341 e. The summed E-state index contributed by atoms with van der Waals surface area (Å²) in [5.74, 6) is -3.61. The molecule has 1 unspecified atom stereocenters. The highest BCUT2D eigenvalue weighted by molar-refractivity contribution is 7.89. The highest BCUT2D eigenvalue weighted by Crippen LogP contribution is 2.37.